The maximum absolute atomic E-state index is 12.4. The lowest BCUT2D eigenvalue weighted by Crippen LogP contribution is -2.45. The summed E-state index contributed by atoms with van der Waals surface area (Å²) in [4.78, 5) is 19.2. The summed E-state index contributed by atoms with van der Waals surface area (Å²) in [6.45, 7) is -1.94. The van der Waals surface area contributed by atoms with Gasteiger partial charge in [-0.05, 0) is 0 Å². The summed E-state index contributed by atoms with van der Waals surface area (Å²) in [5, 5.41) is 6.10. The zero-order valence-corrected chi connectivity index (χ0v) is 13.9. The standard InChI is InChI=1S/C12H15F6N5OS/c1-19-10(21-4-9(24)23(2)6-11(13,14)15)20-3-8-22-7(5-25-8)12(16,17)18/h5H,3-4,6H2,1-2H3,(H2,19,20,21). The number of carbonyl (C=O) groups excluding carboxylic acids is 1. The first-order chi connectivity index (χ1) is 11.4. The predicted molar refractivity (Wildman–Crippen MR) is 79.0 cm³/mol. The summed E-state index contributed by atoms with van der Waals surface area (Å²) in [6.07, 6.45) is -9.05. The molecule has 0 unspecified atom stereocenters. The lowest BCUT2D eigenvalue weighted by Gasteiger charge is -2.19. The second-order valence-corrected chi connectivity index (χ2v) is 5.71. The van der Waals surface area contributed by atoms with E-state index in [1.807, 2.05) is 0 Å². The zero-order chi connectivity index (χ0) is 19.3. The van der Waals surface area contributed by atoms with Crippen LogP contribution in [-0.2, 0) is 17.5 Å². The number of amides is 1. The summed E-state index contributed by atoms with van der Waals surface area (Å²) in [5.41, 5.74) is -1.01. The summed E-state index contributed by atoms with van der Waals surface area (Å²) in [6, 6.07) is 0. The molecular weight excluding hydrogens is 376 g/mol. The van der Waals surface area contributed by atoms with Gasteiger partial charge in [-0.1, -0.05) is 0 Å². The first-order valence-corrected chi connectivity index (χ1v) is 7.57. The lowest BCUT2D eigenvalue weighted by atomic mass is 10.4. The Kier molecular flexibility index (Phi) is 7.02. The monoisotopic (exact) mass is 391 g/mol. The molecule has 0 radical (unpaired) electrons. The predicted octanol–water partition coefficient (Wildman–Crippen LogP) is 1.85. The quantitative estimate of drug-likeness (QED) is 0.457. The van der Waals surface area contributed by atoms with Gasteiger partial charge < -0.3 is 15.5 Å². The fraction of sp³-hybridized carbons (Fsp3) is 0.583. The molecule has 6 nitrogen and oxygen atoms in total. The van der Waals surface area contributed by atoms with Crippen LogP contribution in [0.25, 0.3) is 0 Å². The third-order valence-electron chi connectivity index (χ3n) is 2.72. The van der Waals surface area contributed by atoms with Crippen molar-refractivity contribution in [3.63, 3.8) is 0 Å². The minimum atomic E-state index is -4.54. The van der Waals surface area contributed by atoms with E-state index >= 15 is 0 Å². The van der Waals surface area contributed by atoms with E-state index in [9.17, 15) is 31.1 Å². The van der Waals surface area contributed by atoms with Crippen LogP contribution in [0, 0.1) is 0 Å². The number of aromatic nitrogens is 1. The van der Waals surface area contributed by atoms with Crippen molar-refractivity contribution in [3.8, 4) is 0 Å². The van der Waals surface area contributed by atoms with Crippen LogP contribution < -0.4 is 10.6 Å². The average molecular weight is 391 g/mol. The molecule has 0 spiro atoms. The number of nitrogens with zero attached hydrogens (tertiary/aromatic N) is 3. The molecule has 25 heavy (non-hydrogen) atoms. The SMILES string of the molecule is CN=C(NCC(=O)N(C)CC(F)(F)F)NCc1nc(C(F)(F)F)cs1. The van der Waals surface area contributed by atoms with Crippen molar-refractivity contribution in [2.24, 2.45) is 4.99 Å². The van der Waals surface area contributed by atoms with Gasteiger partial charge in [0.05, 0.1) is 13.1 Å². The molecule has 1 aromatic heterocycles. The van der Waals surface area contributed by atoms with Gasteiger partial charge in [-0.25, -0.2) is 4.98 Å². The van der Waals surface area contributed by atoms with Gasteiger partial charge >= 0.3 is 12.4 Å². The second kappa shape index (κ2) is 8.36. The molecule has 0 bridgehead atoms. The summed E-state index contributed by atoms with van der Waals surface area (Å²) < 4.78 is 73.9. The van der Waals surface area contributed by atoms with Crippen LogP contribution in [0.1, 0.15) is 10.7 Å². The van der Waals surface area contributed by atoms with E-state index in [0.717, 1.165) is 23.8 Å². The van der Waals surface area contributed by atoms with Crippen LogP contribution in [-0.4, -0.2) is 55.1 Å². The van der Waals surface area contributed by atoms with Gasteiger partial charge in [-0.3, -0.25) is 9.79 Å². The van der Waals surface area contributed by atoms with Crippen LogP contribution in [0.2, 0.25) is 0 Å². The van der Waals surface area contributed by atoms with Gasteiger partial charge in [0.25, 0.3) is 0 Å². The van der Waals surface area contributed by atoms with E-state index < -0.39 is 37.0 Å². The van der Waals surface area contributed by atoms with Crippen molar-refractivity contribution in [2.75, 3.05) is 27.2 Å². The van der Waals surface area contributed by atoms with Crippen LogP contribution in [0.15, 0.2) is 10.4 Å². The maximum Gasteiger partial charge on any atom is 0.434 e. The Hall–Kier alpha value is -2.05. The molecule has 13 heteroatoms. The van der Waals surface area contributed by atoms with Crippen molar-refractivity contribution < 1.29 is 31.1 Å². The van der Waals surface area contributed by atoms with Gasteiger partial charge in [0, 0.05) is 19.5 Å². The molecule has 1 amide bonds. The Bertz CT molecular complexity index is 612. The van der Waals surface area contributed by atoms with Gasteiger partial charge in [0.2, 0.25) is 5.91 Å². The third-order valence-corrected chi connectivity index (χ3v) is 3.57. The zero-order valence-electron chi connectivity index (χ0n) is 13.1. The third kappa shape index (κ3) is 7.58. The Morgan fingerprint density at radius 3 is 2.40 bits per heavy atom. The highest BCUT2D eigenvalue weighted by molar-refractivity contribution is 7.09. The number of thiazole rings is 1. The van der Waals surface area contributed by atoms with Gasteiger partial charge in [-0.15, -0.1) is 11.3 Å². The minimum absolute atomic E-state index is 0.0394. The number of nitrogens with one attached hydrogen (secondary N) is 2. The number of likely N-dealkylation sites (N-methyl/N-ethyl adjacent to an activating group) is 1. The molecule has 0 saturated carbocycles. The molecule has 2 N–H and O–H groups in total. The molecule has 0 aliphatic rings. The number of halogens is 6. The van der Waals surface area contributed by atoms with E-state index in [1.54, 1.807) is 0 Å². The summed E-state index contributed by atoms with van der Waals surface area (Å²) in [5.74, 6) is -0.786. The molecule has 1 heterocycles. The number of hydrogen-bond donors (Lipinski definition) is 2. The van der Waals surface area contributed by atoms with E-state index in [2.05, 4.69) is 20.6 Å². The summed E-state index contributed by atoms with van der Waals surface area (Å²) >= 11 is 0.788. The molecule has 0 aromatic carbocycles. The van der Waals surface area contributed by atoms with Crippen molar-refractivity contribution in [3.05, 3.63) is 16.1 Å². The highest BCUT2D eigenvalue weighted by Crippen LogP contribution is 2.29. The van der Waals surface area contributed by atoms with Crippen molar-refractivity contribution in [1.29, 1.82) is 0 Å². The molecule has 1 rings (SSSR count). The van der Waals surface area contributed by atoms with Crippen molar-refractivity contribution in [2.45, 2.75) is 18.9 Å². The van der Waals surface area contributed by atoms with E-state index in [1.165, 1.54) is 7.05 Å². The topological polar surface area (TPSA) is 69.6 Å². The largest absolute Gasteiger partial charge is 0.434 e. The van der Waals surface area contributed by atoms with Crippen LogP contribution >= 0.6 is 11.3 Å². The number of carbonyl (C=O) groups is 1. The Labute approximate surface area is 142 Å². The normalized spacial score (nSPS) is 12.9. The van der Waals surface area contributed by atoms with Gasteiger partial charge in [0.1, 0.15) is 11.6 Å². The smallest absolute Gasteiger partial charge is 0.350 e. The fourth-order valence-electron chi connectivity index (χ4n) is 1.55. The highest BCUT2D eigenvalue weighted by Gasteiger charge is 2.33. The molecule has 1 aromatic rings. The summed E-state index contributed by atoms with van der Waals surface area (Å²) in [7, 11) is 2.34. The van der Waals surface area contributed by atoms with E-state index in [-0.39, 0.29) is 17.5 Å². The highest BCUT2D eigenvalue weighted by atomic mass is 32.1. The Balaban J connectivity index is 2.47. The molecule has 142 valence electrons. The molecular formula is C12H15F6N5OS. The molecule has 0 fully saturated rings. The first-order valence-electron chi connectivity index (χ1n) is 6.69. The number of rotatable bonds is 5. The first kappa shape index (κ1) is 21.0. The lowest BCUT2D eigenvalue weighted by molar-refractivity contribution is -0.157. The number of guanidine groups is 1. The maximum atomic E-state index is 12.4. The average Bonchev–Trinajstić information content (AvgIpc) is 2.94. The molecule has 0 atom stereocenters. The van der Waals surface area contributed by atoms with E-state index in [4.69, 9.17) is 0 Å². The Morgan fingerprint density at radius 2 is 1.92 bits per heavy atom. The van der Waals surface area contributed by atoms with Crippen LogP contribution in [0.4, 0.5) is 26.3 Å². The Morgan fingerprint density at radius 1 is 1.28 bits per heavy atom. The van der Waals surface area contributed by atoms with Crippen LogP contribution in [0.5, 0.6) is 0 Å². The van der Waals surface area contributed by atoms with Gasteiger partial charge in [0.15, 0.2) is 11.7 Å². The van der Waals surface area contributed by atoms with Crippen molar-refractivity contribution >= 4 is 23.2 Å². The molecule has 0 aliphatic heterocycles. The fourth-order valence-corrected chi connectivity index (χ4v) is 2.29. The molecule has 0 saturated heterocycles. The number of hydrogen-bond acceptors (Lipinski definition) is 4. The molecule has 0 aliphatic carbocycles. The second-order valence-electron chi connectivity index (χ2n) is 4.77. The van der Waals surface area contributed by atoms with E-state index in [0.29, 0.717) is 4.90 Å². The minimum Gasteiger partial charge on any atom is -0.350 e. The van der Waals surface area contributed by atoms with Gasteiger partial charge in [-0.2, -0.15) is 26.3 Å². The number of alkyl halides is 6. The van der Waals surface area contributed by atoms with Crippen LogP contribution in [0.3, 0.4) is 0 Å². The van der Waals surface area contributed by atoms with Crippen molar-refractivity contribution in [1.82, 2.24) is 20.5 Å². The number of aliphatic imine (C=N–C) groups is 1.